The topological polar surface area (TPSA) is 0 Å². The van der Waals surface area contributed by atoms with Gasteiger partial charge in [0.25, 0.3) is 0 Å². The Bertz CT molecular complexity index is 446. The van der Waals surface area contributed by atoms with Crippen LogP contribution in [0.2, 0.25) is 0 Å². The molecule has 180 valence electrons. The van der Waals surface area contributed by atoms with Gasteiger partial charge < -0.3 is 0 Å². The lowest BCUT2D eigenvalue weighted by molar-refractivity contribution is -0.0679. The van der Waals surface area contributed by atoms with Crippen molar-refractivity contribution in [3.63, 3.8) is 0 Å². The van der Waals surface area contributed by atoms with Gasteiger partial charge in [0.1, 0.15) is 0 Å². The van der Waals surface area contributed by atoms with Gasteiger partial charge >= 0.3 is 0 Å². The van der Waals surface area contributed by atoms with E-state index in [0.29, 0.717) is 5.41 Å². The van der Waals surface area contributed by atoms with Gasteiger partial charge in [0, 0.05) is 0 Å². The van der Waals surface area contributed by atoms with E-state index in [1.807, 2.05) is 27.7 Å². The van der Waals surface area contributed by atoms with E-state index in [1.54, 1.807) is 51.4 Å². The third-order valence-electron chi connectivity index (χ3n) is 9.62. The number of thiol groups is 1. The highest BCUT2D eigenvalue weighted by molar-refractivity contribution is 7.80. The molecule has 0 spiro atoms. The molecule has 0 saturated heterocycles. The normalized spacial score (nSPS) is 41.5. The molecule has 8 unspecified atom stereocenters. The first-order valence-electron chi connectivity index (χ1n) is 13.7. The van der Waals surface area contributed by atoms with E-state index < -0.39 is 0 Å². The van der Waals surface area contributed by atoms with E-state index in [4.69, 9.17) is 0 Å². The molecule has 4 saturated carbocycles. The fraction of sp³-hybridized carbons (Fsp3) is 1.00. The molecule has 0 aliphatic heterocycles. The van der Waals surface area contributed by atoms with Gasteiger partial charge in [0.15, 0.2) is 0 Å². The molecule has 4 fully saturated rings. The van der Waals surface area contributed by atoms with Crippen molar-refractivity contribution in [2.75, 3.05) is 5.75 Å². The summed E-state index contributed by atoms with van der Waals surface area (Å²) in [5, 5.41) is 0. The second kappa shape index (κ2) is 13.8. The van der Waals surface area contributed by atoms with Crippen LogP contribution in [0.25, 0.3) is 0 Å². The van der Waals surface area contributed by atoms with Crippen LogP contribution in [0.15, 0.2) is 0 Å². The Morgan fingerprint density at radius 3 is 2.17 bits per heavy atom. The van der Waals surface area contributed by atoms with Crippen LogP contribution in [0.5, 0.6) is 0 Å². The highest BCUT2D eigenvalue weighted by Crippen LogP contribution is 2.65. The Labute approximate surface area is 197 Å². The van der Waals surface area contributed by atoms with E-state index in [-0.39, 0.29) is 7.43 Å². The first kappa shape index (κ1) is 28.4. The maximum Gasteiger partial charge on any atom is -0.00979 e. The van der Waals surface area contributed by atoms with Gasteiger partial charge in [-0.25, -0.2) is 0 Å². The number of rotatable bonds is 5. The summed E-state index contributed by atoms with van der Waals surface area (Å²) >= 11 is 4.39. The fourth-order valence-electron chi connectivity index (χ4n) is 8.35. The minimum Gasteiger partial charge on any atom is -0.179 e. The molecule has 0 heterocycles. The molecule has 0 nitrogen and oxygen atoms in total. The van der Waals surface area contributed by atoms with Crippen LogP contribution < -0.4 is 0 Å². The molecule has 4 aliphatic rings. The monoisotopic (exact) mass is 438 g/mol. The van der Waals surface area contributed by atoms with Crippen LogP contribution in [0, 0.1) is 46.8 Å². The SMILES string of the molecule is C.CC.CC.CC1CCC2C(CCC3C2CCC2(C)C(CCCCCS)CCC32)C1. The lowest BCUT2D eigenvalue weighted by Crippen LogP contribution is -2.48. The lowest BCUT2D eigenvalue weighted by atomic mass is 9.49. The van der Waals surface area contributed by atoms with Gasteiger partial charge in [-0.05, 0) is 117 Å². The van der Waals surface area contributed by atoms with Gasteiger partial charge in [-0.1, -0.05) is 68.2 Å². The van der Waals surface area contributed by atoms with Crippen LogP contribution >= 0.6 is 12.6 Å². The zero-order chi connectivity index (χ0) is 21.4. The first-order chi connectivity index (χ1) is 14.1. The van der Waals surface area contributed by atoms with Crippen LogP contribution in [0.3, 0.4) is 0 Å². The predicted octanol–water partition coefficient (Wildman–Crippen LogP) is 10.1. The standard InChI is InChI=1S/C24H42S.2C2H6.CH4/c1-17-7-10-20-18(16-17)8-11-22-21(20)13-14-24(2)19(9-12-23(22)24)6-4-3-5-15-25;2*1-2;/h17-23,25H,3-16H2,1-2H3;2*1-2H3;1H4. The summed E-state index contributed by atoms with van der Waals surface area (Å²) in [5.41, 5.74) is 0.705. The smallest absolute Gasteiger partial charge is 0.00979 e. The summed E-state index contributed by atoms with van der Waals surface area (Å²) in [5.74, 6) is 8.67. The molecule has 0 radical (unpaired) electrons. The van der Waals surface area contributed by atoms with Gasteiger partial charge in [-0.15, -0.1) is 0 Å². The molecule has 0 aromatic heterocycles. The molecule has 30 heavy (non-hydrogen) atoms. The fourth-order valence-corrected chi connectivity index (χ4v) is 8.57. The molecule has 1 heteroatoms. The molecule has 4 rings (SSSR count). The van der Waals surface area contributed by atoms with Gasteiger partial charge in [0.05, 0.1) is 0 Å². The molecule has 0 bridgehead atoms. The van der Waals surface area contributed by atoms with Crippen molar-refractivity contribution in [2.45, 2.75) is 132 Å². The van der Waals surface area contributed by atoms with Crippen molar-refractivity contribution < 1.29 is 0 Å². The maximum atomic E-state index is 4.39. The molecule has 8 atom stereocenters. The second-order valence-electron chi connectivity index (χ2n) is 10.7. The van der Waals surface area contributed by atoms with E-state index in [0.717, 1.165) is 47.2 Å². The van der Waals surface area contributed by atoms with E-state index in [1.165, 1.54) is 32.1 Å². The average molecular weight is 439 g/mol. The van der Waals surface area contributed by atoms with E-state index >= 15 is 0 Å². The zero-order valence-electron chi connectivity index (χ0n) is 20.9. The number of fused-ring (bicyclic) bond motifs is 5. The molecule has 4 aliphatic carbocycles. The molecular weight excluding hydrogens is 380 g/mol. The number of hydrogen-bond donors (Lipinski definition) is 1. The van der Waals surface area contributed by atoms with Gasteiger partial charge in [0.2, 0.25) is 0 Å². The summed E-state index contributed by atoms with van der Waals surface area (Å²) in [6, 6.07) is 0. The molecule has 0 aromatic carbocycles. The third kappa shape index (κ3) is 6.02. The van der Waals surface area contributed by atoms with E-state index in [2.05, 4.69) is 26.5 Å². The molecule has 0 aromatic rings. The van der Waals surface area contributed by atoms with Crippen molar-refractivity contribution in [1.29, 1.82) is 0 Å². The Morgan fingerprint density at radius 1 is 0.767 bits per heavy atom. The van der Waals surface area contributed by atoms with E-state index in [9.17, 15) is 0 Å². The lowest BCUT2D eigenvalue weighted by Gasteiger charge is -2.56. The van der Waals surface area contributed by atoms with Crippen LogP contribution in [-0.4, -0.2) is 5.75 Å². The highest BCUT2D eigenvalue weighted by atomic mass is 32.1. The molecule has 0 amide bonds. The summed E-state index contributed by atoms with van der Waals surface area (Å²) in [6.45, 7) is 13.2. The zero-order valence-corrected chi connectivity index (χ0v) is 21.8. The number of unbranched alkanes of at least 4 members (excludes halogenated alkanes) is 2. The average Bonchev–Trinajstić information content (AvgIpc) is 3.10. The van der Waals surface area contributed by atoms with Crippen LogP contribution in [0.1, 0.15) is 132 Å². The quantitative estimate of drug-likeness (QED) is 0.320. The van der Waals surface area contributed by atoms with Crippen molar-refractivity contribution in [1.82, 2.24) is 0 Å². The Morgan fingerprint density at radius 2 is 1.47 bits per heavy atom. The minimum absolute atomic E-state index is 0. The summed E-state index contributed by atoms with van der Waals surface area (Å²) in [4.78, 5) is 0. The second-order valence-corrected chi connectivity index (χ2v) is 11.2. The van der Waals surface area contributed by atoms with Crippen molar-refractivity contribution >= 4 is 12.6 Å². The maximum absolute atomic E-state index is 4.39. The Hall–Kier alpha value is 0.350. The van der Waals surface area contributed by atoms with Crippen molar-refractivity contribution in [3.05, 3.63) is 0 Å². The van der Waals surface area contributed by atoms with Crippen molar-refractivity contribution in [3.8, 4) is 0 Å². The summed E-state index contributed by atoms with van der Waals surface area (Å²) in [7, 11) is 0. The largest absolute Gasteiger partial charge is 0.179 e. The first-order valence-corrected chi connectivity index (χ1v) is 14.4. The highest BCUT2D eigenvalue weighted by Gasteiger charge is 2.56. The Balaban J connectivity index is 0.000000851. The van der Waals surface area contributed by atoms with Gasteiger partial charge in [-0.2, -0.15) is 12.6 Å². The van der Waals surface area contributed by atoms with Gasteiger partial charge in [-0.3, -0.25) is 0 Å². The molecular formula is C29H58S. The summed E-state index contributed by atoms with van der Waals surface area (Å²) < 4.78 is 0. The third-order valence-corrected chi connectivity index (χ3v) is 9.94. The van der Waals surface area contributed by atoms with Crippen LogP contribution in [-0.2, 0) is 0 Å². The van der Waals surface area contributed by atoms with Crippen LogP contribution in [0.4, 0.5) is 0 Å². The minimum atomic E-state index is 0. The number of hydrogen-bond acceptors (Lipinski definition) is 1. The summed E-state index contributed by atoms with van der Waals surface area (Å²) in [6.07, 6.45) is 19.8. The van der Waals surface area contributed by atoms with Crippen molar-refractivity contribution in [2.24, 2.45) is 46.8 Å². The Kier molecular flexibility index (Phi) is 13.1. The molecule has 0 N–H and O–H groups in total. The predicted molar refractivity (Wildman–Crippen MR) is 142 cm³/mol.